The lowest BCUT2D eigenvalue weighted by molar-refractivity contribution is -0.123. The summed E-state index contributed by atoms with van der Waals surface area (Å²) in [5, 5.41) is 6.12. The van der Waals surface area contributed by atoms with Crippen LogP contribution in [0.5, 0.6) is 11.5 Å². The van der Waals surface area contributed by atoms with E-state index in [1.165, 1.54) is 6.42 Å². The van der Waals surface area contributed by atoms with Crippen molar-refractivity contribution < 1.29 is 14.3 Å². The summed E-state index contributed by atoms with van der Waals surface area (Å²) in [5.41, 5.74) is 1.38. The molecule has 0 atom stereocenters. The lowest BCUT2D eigenvalue weighted by Gasteiger charge is -2.23. The van der Waals surface area contributed by atoms with E-state index in [4.69, 9.17) is 9.47 Å². The van der Waals surface area contributed by atoms with E-state index in [9.17, 15) is 4.79 Å². The topological polar surface area (TPSA) is 75.2 Å². The fraction of sp³-hybridized carbons (Fsp3) is 0.600. The Labute approximate surface area is 162 Å². The number of methoxy groups -OCH3 is 1. The van der Waals surface area contributed by atoms with Crippen molar-refractivity contribution in [3.63, 3.8) is 0 Å². The third-order valence-corrected chi connectivity index (χ3v) is 4.60. The highest BCUT2D eigenvalue weighted by molar-refractivity contribution is 5.80. The third kappa shape index (κ3) is 6.05. The van der Waals surface area contributed by atoms with Gasteiger partial charge >= 0.3 is 0 Å². The molecular weight excluding hydrogens is 344 g/mol. The van der Waals surface area contributed by atoms with Gasteiger partial charge in [0.1, 0.15) is 0 Å². The summed E-state index contributed by atoms with van der Waals surface area (Å²) < 4.78 is 11.0. The zero-order chi connectivity index (χ0) is 19.9. The van der Waals surface area contributed by atoms with Gasteiger partial charge in [0.2, 0.25) is 0 Å². The molecule has 0 saturated carbocycles. The number of guanidine groups is 1. The quantitative estimate of drug-likeness (QED) is 0.562. The molecule has 7 heteroatoms. The molecule has 0 bridgehead atoms. The van der Waals surface area contributed by atoms with Crippen LogP contribution >= 0.6 is 0 Å². The molecular formula is C20H32N4O3. The third-order valence-electron chi connectivity index (χ3n) is 4.60. The van der Waals surface area contributed by atoms with E-state index < -0.39 is 0 Å². The monoisotopic (exact) mass is 376 g/mol. The number of ether oxygens (including phenoxy) is 2. The largest absolute Gasteiger partial charge is 0.493 e. The smallest absolute Gasteiger partial charge is 0.257 e. The number of hydrogen-bond acceptors (Lipinski definition) is 4. The second-order valence-corrected chi connectivity index (χ2v) is 7.46. The number of rotatable bonds is 7. The first-order chi connectivity index (χ1) is 12.9. The molecule has 0 spiro atoms. The summed E-state index contributed by atoms with van der Waals surface area (Å²) >= 11 is 0. The van der Waals surface area contributed by atoms with Crippen molar-refractivity contribution in [2.45, 2.75) is 33.7 Å². The number of amides is 1. The van der Waals surface area contributed by atoms with Crippen molar-refractivity contribution in [1.82, 2.24) is 15.5 Å². The summed E-state index contributed by atoms with van der Waals surface area (Å²) in [6.07, 6.45) is 1.17. The highest BCUT2D eigenvalue weighted by Gasteiger charge is 2.30. The molecule has 0 aromatic heterocycles. The highest BCUT2D eigenvalue weighted by Crippen LogP contribution is 2.29. The first kappa shape index (κ1) is 20.9. The number of likely N-dealkylation sites (tertiary alicyclic amines) is 1. The number of benzene rings is 1. The van der Waals surface area contributed by atoms with Crippen LogP contribution in [0, 0.1) is 5.41 Å². The average Bonchev–Trinajstić information content (AvgIpc) is 3.00. The summed E-state index contributed by atoms with van der Waals surface area (Å²) in [7, 11) is 3.41. The van der Waals surface area contributed by atoms with Crippen molar-refractivity contribution >= 4 is 11.9 Å². The van der Waals surface area contributed by atoms with E-state index in [2.05, 4.69) is 34.4 Å². The van der Waals surface area contributed by atoms with Crippen LogP contribution in [-0.2, 0) is 11.3 Å². The predicted octanol–water partition coefficient (Wildman–Crippen LogP) is 2.02. The predicted molar refractivity (Wildman–Crippen MR) is 107 cm³/mol. The number of carbonyl (C=O) groups excluding carboxylic acids is 1. The van der Waals surface area contributed by atoms with Crippen molar-refractivity contribution in [2.24, 2.45) is 10.4 Å². The number of carbonyl (C=O) groups is 1. The van der Waals surface area contributed by atoms with Gasteiger partial charge in [0.25, 0.3) is 5.91 Å². The maximum Gasteiger partial charge on any atom is 0.257 e. The highest BCUT2D eigenvalue weighted by atomic mass is 16.5. The number of aliphatic imine (C=N–C) groups is 1. The van der Waals surface area contributed by atoms with Gasteiger partial charge in [-0.3, -0.25) is 9.79 Å². The van der Waals surface area contributed by atoms with Gasteiger partial charge in [0.05, 0.1) is 7.11 Å². The molecule has 27 heavy (non-hydrogen) atoms. The van der Waals surface area contributed by atoms with Gasteiger partial charge in [-0.2, -0.15) is 0 Å². The molecule has 1 aliphatic heterocycles. The Morgan fingerprint density at radius 2 is 2.07 bits per heavy atom. The second kappa shape index (κ2) is 9.48. The Bertz CT molecular complexity index is 673. The minimum atomic E-state index is -0.150. The molecule has 0 radical (unpaired) electrons. The lowest BCUT2D eigenvalue weighted by Crippen LogP contribution is -2.40. The summed E-state index contributed by atoms with van der Waals surface area (Å²) in [4.78, 5) is 18.3. The van der Waals surface area contributed by atoms with Gasteiger partial charge in [0, 0.05) is 33.2 Å². The second-order valence-electron chi connectivity index (χ2n) is 7.46. The van der Waals surface area contributed by atoms with Crippen molar-refractivity contribution in [3.8, 4) is 11.5 Å². The van der Waals surface area contributed by atoms with Crippen LogP contribution < -0.4 is 20.1 Å². The Morgan fingerprint density at radius 1 is 1.30 bits per heavy atom. The zero-order valence-electron chi connectivity index (χ0n) is 17.1. The van der Waals surface area contributed by atoms with E-state index in [1.807, 2.05) is 32.2 Å². The maximum absolute atomic E-state index is 11.6. The fourth-order valence-electron chi connectivity index (χ4n) is 3.14. The standard InChI is InChI=1S/C20H32N4O3/c1-6-22-18(25)13-27-16-8-7-15(11-17(16)26-5)12-23-19(21-4)24-10-9-20(2,3)14-24/h7-8,11H,6,9-10,12-14H2,1-5H3,(H,21,23)(H,22,25). The average molecular weight is 377 g/mol. The summed E-state index contributed by atoms with van der Waals surface area (Å²) in [5.74, 6) is 1.92. The van der Waals surface area contributed by atoms with Crippen LogP contribution in [0.25, 0.3) is 0 Å². The number of nitrogens with one attached hydrogen (secondary N) is 2. The molecule has 7 nitrogen and oxygen atoms in total. The molecule has 1 aliphatic rings. The molecule has 2 N–H and O–H groups in total. The SMILES string of the molecule is CCNC(=O)COc1ccc(CNC(=NC)N2CCC(C)(C)C2)cc1OC. The van der Waals surface area contributed by atoms with E-state index in [1.54, 1.807) is 7.11 Å². The minimum Gasteiger partial charge on any atom is -0.493 e. The molecule has 1 heterocycles. The number of likely N-dealkylation sites (N-methyl/N-ethyl adjacent to an activating group) is 1. The van der Waals surface area contributed by atoms with E-state index >= 15 is 0 Å². The molecule has 1 aromatic rings. The molecule has 1 amide bonds. The summed E-state index contributed by atoms with van der Waals surface area (Å²) in [6, 6.07) is 5.71. The minimum absolute atomic E-state index is 0.0286. The molecule has 2 rings (SSSR count). The van der Waals surface area contributed by atoms with E-state index in [-0.39, 0.29) is 12.5 Å². The van der Waals surface area contributed by atoms with Crippen LogP contribution in [0.15, 0.2) is 23.2 Å². The Hall–Kier alpha value is -2.44. The molecule has 0 aliphatic carbocycles. The van der Waals surface area contributed by atoms with Crippen molar-refractivity contribution in [1.29, 1.82) is 0 Å². The van der Waals surface area contributed by atoms with Gasteiger partial charge in [0.15, 0.2) is 24.1 Å². The normalized spacial score (nSPS) is 16.2. The van der Waals surface area contributed by atoms with E-state index in [0.29, 0.717) is 30.0 Å². The Balaban J connectivity index is 1.95. The van der Waals surface area contributed by atoms with Crippen molar-refractivity contribution in [3.05, 3.63) is 23.8 Å². The molecule has 0 unspecified atom stereocenters. The molecule has 150 valence electrons. The maximum atomic E-state index is 11.6. The van der Waals surface area contributed by atoms with Crippen molar-refractivity contribution in [2.75, 3.05) is 40.4 Å². The van der Waals surface area contributed by atoms with Crippen LogP contribution in [0.4, 0.5) is 0 Å². The van der Waals surface area contributed by atoms with Crippen LogP contribution in [0.1, 0.15) is 32.8 Å². The number of hydrogen-bond donors (Lipinski definition) is 2. The zero-order valence-corrected chi connectivity index (χ0v) is 17.1. The van der Waals surface area contributed by atoms with Crippen LogP contribution in [0.2, 0.25) is 0 Å². The first-order valence-electron chi connectivity index (χ1n) is 9.40. The van der Waals surface area contributed by atoms with Gasteiger partial charge < -0.3 is 25.0 Å². The van der Waals surface area contributed by atoms with Gasteiger partial charge in [-0.1, -0.05) is 19.9 Å². The van der Waals surface area contributed by atoms with Crippen LogP contribution in [0.3, 0.4) is 0 Å². The van der Waals surface area contributed by atoms with E-state index in [0.717, 1.165) is 24.6 Å². The first-order valence-corrected chi connectivity index (χ1v) is 9.40. The summed E-state index contributed by atoms with van der Waals surface area (Å²) in [6.45, 7) is 9.65. The molecule has 1 saturated heterocycles. The fourth-order valence-corrected chi connectivity index (χ4v) is 3.14. The lowest BCUT2D eigenvalue weighted by atomic mass is 9.93. The molecule has 1 aromatic carbocycles. The number of nitrogens with zero attached hydrogens (tertiary/aromatic N) is 2. The molecule has 1 fully saturated rings. The van der Waals surface area contributed by atoms with Gasteiger partial charge in [-0.25, -0.2) is 0 Å². The Morgan fingerprint density at radius 3 is 2.67 bits per heavy atom. The van der Waals surface area contributed by atoms with Gasteiger partial charge in [-0.05, 0) is 36.5 Å². The Kier molecular flexibility index (Phi) is 7.33. The van der Waals surface area contributed by atoms with Crippen LogP contribution in [-0.4, -0.2) is 57.2 Å². The van der Waals surface area contributed by atoms with Gasteiger partial charge in [-0.15, -0.1) is 0 Å².